The van der Waals surface area contributed by atoms with Gasteiger partial charge in [0, 0.05) is 19.3 Å². The Kier molecular flexibility index (Phi) is 2.73. The monoisotopic (exact) mass is 267 g/mol. The quantitative estimate of drug-likeness (QED) is 0.779. The van der Waals surface area contributed by atoms with Crippen LogP contribution in [0.1, 0.15) is 0 Å². The molecule has 0 aromatic heterocycles. The van der Waals surface area contributed by atoms with Gasteiger partial charge in [-0.1, -0.05) is 29.3 Å². The number of hydrogen-bond donors (Lipinski definition) is 0. The van der Waals surface area contributed by atoms with Gasteiger partial charge in [0.05, 0.1) is 22.3 Å². The third kappa shape index (κ3) is 1.79. The third-order valence-electron chi connectivity index (χ3n) is 2.88. The van der Waals surface area contributed by atoms with Crippen LogP contribution in [0, 0.1) is 0 Å². The van der Waals surface area contributed by atoms with Gasteiger partial charge in [0.25, 0.3) is 0 Å². The van der Waals surface area contributed by atoms with E-state index in [0.29, 0.717) is 10.0 Å². The largest absolute Gasteiger partial charge is 0.337 e. The van der Waals surface area contributed by atoms with Gasteiger partial charge >= 0.3 is 0 Å². The number of hydrogen-bond acceptors (Lipinski definition) is 3. The van der Waals surface area contributed by atoms with Crippen molar-refractivity contribution in [1.29, 1.82) is 0 Å². The van der Waals surface area contributed by atoms with Crippen LogP contribution in [0.2, 0.25) is 10.0 Å². The summed E-state index contributed by atoms with van der Waals surface area (Å²) in [7, 11) is 0. The van der Waals surface area contributed by atoms with Gasteiger partial charge in [-0.3, -0.25) is 9.89 Å². The minimum atomic E-state index is 0.638. The van der Waals surface area contributed by atoms with Crippen molar-refractivity contribution < 1.29 is 0 Å². The van der Waals surface area contributed by atoms with E-state index in [-0.39, 0.29) is 0 Å². The molecule has 0 N–H and O–H groups in total. The average Bonchev–Trinajstić information content (AvgIpc) is 2.77. The molecule has 0 aliphatic carbocycles. The van der Waals surface area contributed by atoms with E-state index in [1.54, 1.807) is 0 Å². The van der Waals surface area contributed by atoms with Crippen LogP contribution in [0.5, 0.6) is 0 Å². The van der Waals surface area contributed by atoms with Crippen LogP contribution >= 0.6 is 23.2 Å². The topological polar surface area (TPSA) is 18.8 Å². The van der Waals surface area contributed by atoms with Crippen LogP contribution in [-0.2, 0) is 0 Å². The molecule has 2 aliphatic rings. The molecular formula is C12H11Cl2N3. The molecule has 0 unspecified atom stereocenters. The number of rotatable bonds is 1. The Morgan fingerprint density at radius 1 is 1.18 bits per heavy atom. The number of guanidine groups is 1. The van der Waals surface area contributed by atoms with E-state index in [9.17, 15) is 0 Å². The van der Waals surface area contributed by atoms with Gasteiger partial charge in [-0.05, 0) is 18.2 Å². The number of fused-ring (bicyclic) bond motifs is 1. The minimum Gasteiger partial charge on any atom is -0.337 e. The predicted octanol–water partition coefficient (Wildman–Crippen LogP) is 3.00. The molecule has 2 heterocycles. The maximum atomic E-state index is 6.22. The van der Waals surface area contributed by atoms with Crippen LogP contribution in [0.4, 0.5) is 5.69 Å². The summed E-state index contributed by atoms with van der Waals surface area (Å²) in [6.07, 6.45) is 4.07. The number of para-hydroxylation sites is 1. The van der Waals surface area contributed by atoms with Crippen LogP contribution < -0.4 is 4.90 Å². The van der Waals surface area contributed by atoms with E-state index >= 15 is 0 Å². The fourth-order valence-electron chi connectivity index (χ4n) is 2.11. The molecule has 0 amide bonds. The first-order valence-corrected chi connectivity index (χ1v) is 6.22. The molecule has 17 heavy (non-hydrogen) atoms. The lowest BCUT2D eigenvalue weighted by Crippen LogP contribution is -2.42. The Morgan fingerprint density at radius 2 is 1.94 bits per heavy atom. The lowest BCUT2D eigenvalue weighted by Gasteiger charge is -2.32. The summed E-state index contributed by atoms with van der Waals surface area (Å²) in [5, 5.41) is 1.28. The second-order valence-corrected chi connectivity index (χ2v) is 4.77. The second-order valence-electron chi connectivity index (χ2n) is 3.95. The maximum Gasteiger partial charge on any atom is 0.205 e. The predicted molar refractivity (Wildman–Crippen MR) is 72.0 cm³/mol. The molecule has 0 saturated carbocycles. The molecule has 0 radical (unpaired) electrons. The van der Waals surface area contributed by atoms with E-state index in [2.05, 4.69) is 16.0 Å². The first-order chi connectivity index (χ1) is 8.27. The van der Waals surface area contributed by atoms with Gasteiger partial charge in [0.1, 0.15) is 0 Å². The van der Waals surface area contributed by atoms with Crippen LogP contribution in [0.15, 0.2) is 35.5 Å². The summed E-state index contributed by atoms with van der Waals surface area (Å²) < 4.78 is 0. The molecule has 88 valence electrons. The highest BCUT2D eigenvalue weighted by Gasteiger charge is 2.27. The summed E-state index contributed by atoms with van der Waals surface area (Å²) in [5.74, 6) is 0.933. The fraction of sp³-hybridized carbons (Fsp3) is 0.250. The maximum absolute atomic E-state index is 6.22. The van der Waals surface area contributed by atoms with Crippen molar-refractivity contribution in [2.24, 2.45) is 4.99 Å². The van der Waals surface area contributed by atoms with Crippen molar-refractivity contribution >= 4 is 34.8 Å². The number of aliphatic imine (C=N–C) groups is 1. The minimum absolute atomic E-state index is 0.638. The van der Waals surface area contributed by atoms with Gasteiger partial charge in [0.2, 0.25) is 5.96 Å². The van der Waals surface area contributed by atoms with Gasteiger partial charge in [0.15, 0.2) is 0 Å². The first-order valence-electron chi connectivity index (χ1n) is 5.46. The van der Waals surface area contributed by atoms with Gasteiger partial charge in [-0.25, -0.2) is 0 Å². The number of halogens is 2. The molecular weight excluding hydrogens is 257 g/mol. The molecule has 5 heteroatoms. The number of nitrogens with zero attached hydrogens (tertiary/aromatic N) is 3. The highest BCUT2D eigenvalue weighted by molar-refractivity contribution is 6.40. The summed E-state index contributed by atoms with van der Waals surface area (Å²) in [6.45, 7) is 2.69. The summed E-state index contributed by atoms with van der Waals surface area (Å²) in [5.41, 5.74) is 0.803. The van der Waals surface area contributed by atoms with Crippen LogP contribution in [0.25, 0.3) is 0 Å². The highest BCUT2D eigenvalue weighted by atomic mass is 35.5. The van der Waals surface area contributed by atoms with E-state index in [4.69, 9.17) is 23.2 Å². The Hall–Kier alpha value is -1.19. The Bertz CT molecular complexity index is 490. The van der Waals surface area contributed by atoms with Crippen molar-refractivity contribution in [3.05, 3.63) is 40.5 Å². The molecule has 0 saturated heterocycles. The zero-order valence-corrected chi connectivity index (χ0v) is 10.6. The normalized spacial score (nSPS) is 18.4. The fourth-order valence-corrected chi connectivity index (χ4v) is 2.69. The van der Waals surface area contributed by atoms with Crippen molar-refractivity contribution in [3.8, 4) is 0 Å². The standard InChI is InChI=1S/C12H11Cl2N3/c13-9-3-1-4-10(14)11(9)17-7-2-6-16-8-5-15-12(16)17/h1-4,7H,5-6,8H2. The zero-order chi connectivity index (χ0) is 11.8. The van der Waals surface area contributed by atoms with Gasteiger partial charge in [-0.2, -0.15) is 0 Å². The molecule has 0 atom stereocenters. The first kappa shape index (κ1) is 10.9. The van der Waals surface area contributed by atoms with Crippen LogP contribution in [-0.4, -0.2) is 30.5 Å². The Balaban J connectivity index is 2.09. The third-order valence-corrected chi connectivity index (χ3v) is 3.49. The molecule has 2 aliphatic heterocycles. The smallest absolute Gasteiger partial charge is 0.205 e. The highest BCUT2D eigenvalue weighted by Crippen LogP contribution is 2.35. The lowest BCUT2D eigenvalue weighted by atomic mass is 10.2. The summed E-state index contributed by atoms with van der Waals surface area (Å²) >= 11 is 12.4. The van der Waals surface area contributed by atoms with Crippen molar-refractivity contribution in [2.75, 3.05) is 24.5 Å². The molecule has 3 rings (SSSR count). The molecule has 0 fully saturated rings. The number of anilines is 1. The summed E-state index contributed by atoms with van der Waals surface area (Å²) in [4.78, 5) is 8.67. The van der Waals surface area contributed by atoms with Crippen molar-refractivity contribution in [3.63, 3.8) is 0 Å². The molecule has 0 bridgehead atoms. The second kappa shape index (κ2) is 4.24. The molecule has 1 aromatic rings. The molecule has 0 spiro atoms. The Labute approximate surface area is 110 Å². The number of benzene rings is 1. The van der Waals surface area contributed by atoms with E-state index < -0.39 is 0 Å². The van der Waals surface area contributed by atoms with Crippen LogP contribution in [0.3, 0.4) is 0 Å². The average molecular weight is 268 g/mol. The van der Waals surface area contributed by atoms with Crippen molar-refractivity contribution in [1.82, 2.24) is 4.90 Å². The Morgan fingerprint density at radius 3 is 2.71 bits per heavy atom. The molecule has 3 nitrogen and oxygen atoms in total. The van der Waals surface area contributed by atoms with Crippen molar-refractivity contribution in [2.45, 2.75) is 0 Å². The van der Waals surface area contributed by atoms with Gasteiger partial charge < -0.3 is 4.90 Å². The lowest BCUT2D eigenvalue weighted by molar-refractivity contribution is 0.493. The SMILES string of the molecule is Clc1cccc(Cl)c1N1C=CCN2CCN=C21. The molecule has 1 aromatic carbocycles. The van der Waals surface area contributed by atoms with E-state index in [1.165, 1.54) is 0 Å². The summed E-state index contributed by atoms with van der Waals surface area (Å²) in [6, 6.07) is 5.52. The zero-order valence-electron chi connectivity index (χ0n) is 9.11. The van der Waals surface area contributed by atoms with Gasteiger partial charge in [-0.15, -0.1) is 0 Å². The van der Waals surface area contributed by atoms with E-state index in [0.717, 1.165) is 31.3 Å². The van der Waals surface area contributed by atoms with E-state index in [1.807, 2.05) is 29.3 Å².